The van der Waals surface area contributed by atoms with Gasteiger partial charge in [0.1, 0.15) is 11.5 Å². The largest absolute Gasteiger partial charge is 0.497 e. The number of aromatic nitrogens is 3. The maximum atomic E-state index is 11.8. The lowest BCUT2D eigenvalue weighted by molar-refractivity contribution is -0.119. The zero-order chi connectivity index (χ0) is 14.7. The Kier molecular flexibility index (Phi) is 4.24. The quantitative estimate of drug-likeness (QED) is 0.940. The number of ether oxygens (including phenoxy) is 1. The van der Waals surface area contributed by atoms with E-state index in [0.29, 0.717) is 23.2 Å². The average Bonchev–Trinajstić information content (AvgIpc) is 2.98. The first-order chi connectivity index (χ1) is 10.3. The summed E-state index contributed by atoms with van der Waals surface area (Å²) >= 11 is 1.47. The number of carbonyl (C=O) groups excluding carboxylic acids is 1. The van der Waals surface area contributed by atoms with E-state index in [1.165, 1.54) is 11.8 Å². The third-order valence-electron chi connectivity index (χ3n) is 3.57. The van der Waals surface area contributed by atoms with Crippen LogP contribution in [-0.2, 0) is 4.79 Å². The highest BCUT2D eigenvalue weighted by Crippen LogP contribution is 2.30. The van der Waals surface area contributed by atoms with Gasteiger partial charge in [-0.1, -0.05) is 18.2 Å². The summed E-state index contributed by atoms with van der Waals surface area (Å²) in [6.07, 6.45) is 3.74. The molecule has 0 amide bonds. The number of hydrogen-bond donors (Lipinski definition) is 1. The number of nitrogens with zero attached hydrogens (tertiary/aromatic N) is 2. The maximum Gasteiger partial charge on any atom is 0.209 e. The average molecular weight is 303 g/mol. The van der Waals surface area contributed by atoms with Crippen LogP contribution < -0.4 is 4.74 Å². The molecule has 0 saturated heterocycles. The van der Waals surface area contributed by atoms with Gasteiger partial charge in [-0.3, -0.25) is 9.89 Å². The van der Waals surface area contributed by atoms with Gasteiger partial charge in [-0.25, -0.2) is 4.98 Å². The summed E-state index contributed by atoms with van der Waals surface area (Å²) < 4.78 is 5.13. The molecule has 1 atom stereocenters. The Bertz CT molecular complexity index is 624. The van der Waals surface area contributed by atoms with Crippen LogP contribution in [0.2, 0.25) is 0 Å². The van der Waals surface area contributed by atoms with E-state index in [-0.39, 0.29) is 5.25 Å². The molecular formula is C15H17N3O2S. The fourth-order valence-electron chi connectivity index (χ4n) is 2.38. The Labute approximate surface area is 127 Å². The lowest BCUT2D eigenvalue weighted by atomic mass is 9.99. The summed E-state index contributed by atoms with van der Waals surface area (Å²) in [5.74, 6) is 1.84. The number of ketones is 1. The van der Waals surface area contributed by atoms with Crippen molar-refractivity contribution in [3.63, 3.8) is 0 Å². The smallest absolute Gasteiger partial charge is 0.209 e. The van der Waals surface area contributed by atoms with Crippen molar-refractivity contribution in [3.05, 3.63) is 24.3 Å². The van der Waals surface area contributed by atoms with Crippen molar-refractivity contribution in [1.29, 1.82) is 0 Å². The number of carbonyl (C=O) groups is 1. The summed E-state index contributed by atoms with van der Waals surface area (Å²) in [6, 6.07) is 7.63. The van der Waals surface area contributed by atoms with E-state index in [4.69, 9.17) is 4.74 Å². The fraction of sp³-hybridized carbons (Fsp3) is 0.400. The normalized spacial score (nSPS) is 18.7. The summed E-state index contributed by atoms with van der Waals surface area (Å²) in [5.41, 5.74) is 0.949. The van der Waals surface area contributed by atoms with Gasteiger partial charge in [0.05, 0.1) is 12.4 Å². The van der Waals surface area contributed by atoms with Crippen LogP contribution in [0, 0.1) is 0 Å². The second-order valence-corrected chi connectivity index (χ2v) is 6.18. The van der Waals surface area contributed by atoms with Crippen LogP contribution >= 0.6 is 11.8 Å². The molecule has 1 aromatic carbocycles. The SMILES string of the molecule is COc1ccc(-c2nc(S[C@H]3CCCCC3=O)n[nH]2)cc1. The van der Waals surface area contributed by atoms with E-state index >= 15 is 0 Å². The van der Waals surface area contributed by atoms with Crippen LogP contribution in [0.4, 0.5) is 0 Å². The predicted molar refractivity (Wildman–Crippen MR) is 81.5 cm³/mol. The number of methoxy groups -OCH3 is 1. The first-order valence-electron chi connectivity index (χ1n) is 7.02. The first-order valence-corrected chi connectivity index (χ1v) is 7.90. The van der Waals surface area contributed by atoms with Crippen molar-refractivity contribution in [2.24, 2.45) is 0 Å². The Morgan fingerprint density at radius 3 is 2.81 bits per heavy atom. The number of aromatic amines is 1. The van der Waals surface area contributed by atoms with E-state index in [9.17, 15) is 4.79 Å². The molecule has 0 bridgehead atoms. The molecule has 5 nitrogen and oxygen atoms in total. The molecule has 110 valence electrons. The van der Waals surface area contributed by atoms with Crippen LogP contribution in [-0.4, -0.2) is 33.3 Å². The van der Waals surface area contributed by atoms with Crippen molar-refractivity contribution < 1.29 is 9.53 Å². The minimum Gasteiger partial charge on any atom is -0.497 e. The molecule has 0 spiro atoms. The molecule has 21 heavy (non-hydrogen) atoms. The Balaban J connectivity index is 1.71. The predicted octanol–water partition coefficient (Wildman–Crippen LogP) is 3.08. The lowest BCUT2D eigenvalue weighted by Crippen LogP contribution is -2.21. The zero-order valence-corrected chi connectivity index (χ0v) is 12.7. The molecular weight excluding hydrogens is 286 g/mol. The van der Waals surface area contributed by atoms with Gasteiger partial charge in [-0.15, -0.1) is 5.10 Å². The van der Waals surface area contributed by atoms with Crippen molar-refractivity contribution >= 4 is 17.5 Å². The van der Waals surface area contributed by atoms with Crippen molar-refractivity contribution in [2.45, 2.75) is 36.1 Å². The lowest BCUT2D eigenvalue weighted by Gasteiger charge is -2.17. The summed E-state index contributed by atoms with van der Waals surface area (Å²) in [5, 5.41) is 7.79. The van der Waals surface area contributed by atoms with E-state index in [2.05, 4.69) is 15.2 Å². The highest BCUT2D eigenvalue weighted by atomic mass is 32.2. The topological polar surface area (TPSA) is 67.9 Å². The van der Waals surface area contributed by atoms with Gasteiger partial charge in [0.25, 0.3) is 0 Å². The second-order valence-electron chi connectivity index (χ2n) is 5.01. The van der Waals surface area contributed by atoms with Crippen molar-refractivity contribution in [2.75, 3.05) is 7.11 Å². The Morgan fingerprint density at radius 2 is 2.10 bits per heavy atom. The van der Waals surface area contributed by atoms with Gasteiger partial charge >= 0.3 is 0 Å². The minimum atomic E-state index is 0.0123. The third-order valence-corrected chi connectivity index (χ3v) is 4.75. The van der Waals surface area contributed by atoms with E-state index < -0.39 is 0 Å². The molecule has 1 heterocycles. The molecule has 0 radical (unpaired) electrons. The van der Waals surface area contributed by atoms with E-state index in [0.717, 1.165) is 30.6 Å². The number of Topliss-reactive ketones (excluding diaryl/α,β-unsaturated/α-hetero) is 1. The van der Waals surface area contributed by atoms with Gasteiger partial charge in [-0.05, 0) is 37.1 Å². The summed E-state index contributed by atoms with van der Waals surface area (Å²) in [6.45, 7) is 0. The van der Waals surface area contributed by atoms with Gasteiger partial charge in [0.15, 0.2) is 5.82 Å². The molecule has 0 unspecified atom stereocenters. The first kappa shape index (κ1) is 14.1. The molecule has 1 aliphatic carbocycles. The molecule has 1 aromatic heterocycles. The van der Waals surface area contributed by atoms with Crippen LogP contribution in [0.1, 0.15) is 25.7 Å². The van der Waals surface area contributed by atoms with E-state index in [1.54, 1.807) is 7.11 Å². The minimum absolute atomic E-state index is 0.0123. The number of nitrogens with one attached hydrogen (secondary N) is 1. The number of H-pyrrole nitrogens is 1. The summed E-state index contributed by atoms with van der Waals surface area (Å²) in [4.78, 5) is 16.3. The monoisotopic (exact) mass is 303 g/mol. The molecule has 2 aromatic rings. The molecule has 6 heteroatoms. The molecule has 1 fully saturated rings. The van der Waals surface area contributed by atoms with Gasteiger partial charge in [0.2, 0.25) is 5.16 Å². The van der Waals surface area contributed by atoms with Crippen LogP contribution in [0.25, 0.3) is 11.4 Å². The van der Waals surface area contributed by atoms with Crippen molar-refractivity contribution in [3.8, 4) is 17.1 Å². The number of rotatable bonds is 4. The fourth-order valence-corrected chi connectivity index (χ4v) is 3.41. The Morgan fingerprint density at radius 1 is 1.29 bits per heavy atom. The molecule has 0 aliphatic heterocycles. The van der Waals surface area contributed by atoms with Gasteiger partial charge in [-0.2, -0.15) is 0 Å². The molecule has 1 saturated carbocycles. The van der Waals surface area contributed by atoms with Gasteiger partial charge < -0.3 is 4.74 Å². The Hall–Kier alpha value is -1.82. The van der Waals surface area contributed by atoms with Crippen LogP contribution in [0.5, 0.6) is 5.75 Å². The highest BCUT2D eigenvalue weighted by molar-refractivity contribution is 8.00. The van der Waals surface area contributed by atoms with Crippen LogP contribution in [0.15, 0.2) is 29.4 Å². The third kappa shape index (κ3) is 3.26. The zero-order valence-electron chi connectivity index (χ0n) is 11.8. The summed E-state index contributed by atoms with van der Waals surface area (Å²) in [7, 11) is 1.64. The number of benzene rings is 1. The molecule has 3 rings (SSSR count). The maximum absolute atomic E-state index is 11.8. The van der Waals surface area contributed by atoms with Crippen molar-refractivity contribution in [1.82, 2.24) is 15.2 Å². The standard InChI is InChI=1S/C15H17N3O2S/c1-20-11-8-6-10(7-9-11)14-16-15(18-17-14)21-13-5-3-2-4-12(13)19/h6-9,13H,2-5H2,1H3,(H,16,17,18)/t13-/m0/s1. The van der Waals surface area contributed by atoms with Gasteiger partial charge in [0, 0.05) is 12.0 Å². The number of thioether (sulfide) groups is 1. The molecule has 1 N–H and O–H groups in total. The molecule has 1 aliphatic rings. The van der Waals surface area contributed by atoms with E-state index in [1.807, 2.05) is 24.3 Å². The highest BCUT2D eigenvalue weighted by Gasteiger charge is 2.24. The second kappa shape index (κ2) is 6.30. The number of hydrogen-bond acceptors (Lipinski definition) is 5. The van der Waals surface area contributed by atoms with Crippen LogP contribution in [0.3, 0.4) is 0 Å².